The lowest BCUT2D eigenvalue weighted by molar-refractivity contribution is -0.135. The van der Waals surface area contributed by atoms with Gasteiger partial charge in [-0.2, -0.15) is 13.2 Å². The van der Waals surface area contributed by atoms with Crippen LogP contribution in [-0.4, -0.2) is 22.9 Å². The van der Waals surface area contributed by atoms with Crippen LogP contribution in [0.5, 0.6) is 11.5 Å². The lowest BCUT2D eigenvalue weighted by Crippen LogP contribution is -2.21. The van der Waals surface area contributed by atoms with E-state index in [4.69, 9.17) is 0 Å². The summed E-state index contributed by atoms with van der Waals surface area (Å²) in [5, 5.41) is 21.5. The van der Waals surface area contributed by atoms with Crippen molar-refractivity contribution in [3.63, 3.8) is 0 Å². The fourth-order valence-electron chi connectivity index (χ4n) is 1.59. The van der Waals surface area contributed by atoms with Crippen molar-refractivity contribution >= 4 is 0 Å². The molecular weight excluding hydrogens is 247 g/mol. The van der Waals surface area contributed by atoms with E-state index in [0.717, 1.165) is 0 Å². The van der Waals surface area contributed by atoms with Gasteiger partial charge in [0, 0.05) is 18.5 Å². The van der Waals surface area contributed by atoms with Crippen LogP contribution in [0.2, 0.25) is 0 Å². The fourth-order valence-corrected chi connectivity index (χ4v) is 1.59. The van der Waals surface area contributed by atoms with Gasteiger partial charge in [0.1, 0.15) is 11.5 Å². The number of hydrogen-bond acceptors (Lipinski definition) is 3. The molecular formula is C12H16F3NO2. The molecule has 1 aromatic carbocycles. The third-order valence-electron chi connectivity index (χ3n) is 2.51. The van der Waals surface area contributed by atoms with Gasteiger partial charge in [0.15, 0.2) is 0 Å². The Bertz CT molecular complexity index is 373. The lowest BCUT2D eigenvalue weighted by Gasteiger charge is -2.15. The largest absolute Gasteiger partial charge is 0.508 e. The van der Waals surface area contributed by atoms with E-state index < -0.39 is 12.6 Å². The van der Waals surface area contributed by atoms with E-state index in [1.807, 2.05) is 0 Å². The maximum Gasteiger partial charge on any atom is 0.389 e. The number of nitrogens with one attached hydrogen (secondary N) is 1. The van der Waals surface area contributed by atoms with Crippen LogP contribution in [0.25, 0.3) is 0 Å². The van der Waals surface area contributed by atoms with Crippen LogP contribution >= 0.6 is 0 Å². The van der Waals surface area contributed by atoms with Gasteiger partial charge in [-0.05, 0) is 37.6 Å². The second-order valence-electron chi connectivity index (χ2n) is 4.18. The SMILES string of the molecule is CC(NCCCC(F)(F)F)c1cc(O)cc(O)c1. The van der Waals surface area contributed by atoms with E-state index in [0.29, 0.717) is 5.56 Å². The summed E-state index contributed by atoms with van der Waals surface area (Å²) in [6.45, 7) is 1.97. The van der Waals surface area contributed by atoms with E-state index in [1.54, 1.807) is 6.92 Å². The molecule has 0 aliphatic carbocycles. The van der Waals surface area contributed by atoms with Crippen molar-refractivity contribution in [3.8, 4) is 11.5 Å². The number of phenolic OH excluding ortho intramolecular Hbond substituents is 2. The summed E-state index contributed by atoms with van der Waals surface area (Å²) in [5.74, 6) is -0.150. The smallest absolute Gasteiger partial charge is 0.389 e. The Morgan fingerprint density at radius 1 is 1.17 bits per heavy atom. The molecule has 0 aromatic heterocycles. The average molecular weight is 263 g/mol. The molecule has 0 bridgehead atoms. The minimum atomic E-state index is -4.13. The van der Waals surface area contributed by atoms with Crippen molar-refractivity contribution in [2.75, 3.05) is 6.54 Å². The summed E-state index contributed by atoms with van der Waals surface area (Å²) in [7, 11) is 0. The third-order valence-corrected chi connectivity index (χ3v) is 2.51. The third kappa shape index (κ3) is 5.27. The second-order valence-corrected chi connectivity index (χ2v) is 4.18. The molecule has 3 nitrogen and oxygen atoms in total. The Labute approximate surface area is 103 Å². The molecule has 0 spiro atoms. The van der Waals surface area contributed by atoms with E-state index in [9.17, 15) is 23.4 Å². The zero-order valence-electron chi connectivity index (χ0n) is 9.96. The fraction of sp³-hybridized carbons (Fsp3) is 0.500. The topological polar surface area (TPSA) is 52.5 Å². The Balaban J connectivity index is 2.43. The minimum Gasteiger partial charge on any atom is -0.508 e. The molecule has 0 fully saturated rings. The number of hydrogen-bond donors (Lipinski definition) is 3. The minimum absolute atomic E-state index is 0.00135. The number of halogens is 3. The van der Waals surface area contributed by atoms with E-state index in [1.165, 1.54) is 18.2 Å². The van der Waals surface area contributed by atoms with Crippen molar-refractivity contribution in [1.29, 1.82) is 0 Å². The first-order valence-corrected chi connectivity index (χ1v) is 5.61. The van der Waals surface area contributed by atoms with Crippen LogP contribution in [0.3, 0.4) is 0 Å². The first-order valence-electron chi connectivity index (χ1n) is 5.61. The van der Waals surface area contributed by atoms with Gasteiger partial charge in [-0.15, -0.1) is 0 Å². The monoisotopic (exact) mass is 263 g/mol. The van der Waals surface area contributed by atoms with Gasteiger partial charge in [-0.25, -0.2) is 0 Å². The molecule has 0 aliphatic rings. The predicted molar refractivity (Wildman–Crippen MR) is 61.5 cm³/mol. The highest BCUT2D eigenvalue weighted by molar-refractivity contribution is 5.37. The normalized spacial score (nSPS) is 13.6. The van der Waals surface area contributed by atoms with Crippen LogP contribution < -0.4 is 5.32 Å². The first kappa shape index (κ1) is 14.6. The molecule has 0 radical (unpaired) electrons. The van der Waals surface area contributed by atoms with Crippen molar-refractivity contribution in [2.45, 2.75) is 32.0 Å². The second kappa shape index (κ2) is 5.95. The predicted octanol–water partition coefficient (Wildman–Crippen LogP) is 3.09. The zero-order valence-corrected chi connectivity index (χ0v) is 9.96. The Morgan fingerprint density at radius 3 is 2.22 bits per heavy atom. The molecule has 1 rings (SSSR count). The highest BCUT2D eigenvalue weighted by Crippen LogP contribution is 2.25. The molecule has 0 saturated heterocycles. The molecule has 0 aliphatic heterocycles. The molecule has 1 atom stereocenters. The van der Waals surface area contributed by atoms with Crippen molar-refractivity contribution in [2.24, 2.45) is 0 Å². The highest BCUT2D eigenvalue weighted by Gasteiger charge is 2.25. The van der Waals surface area contributed by atoms with Gasteiger partial charge in [0.05, 0.1) is 0 Å². The van der Waals surface area contributed by atoms with E-state index >= 15 is 0 Å². The van der Waals surface area contributed by atoms with Crippen molar-refractivity contribution in [3.05, 3.63) is 23.8 Å². The molecule has 0 saturated carbocycles. The number of rotatable bonds is 5. The molecule has 102 valence electrons. The van der Waals surface area contributed by atoms with Crippen LogP contribution in [-0.2, 0) is 0 Å². The first-order chi connectivity index (χ1) is 8.28. The van der Waals surface area contributed by atoms with Gasteiger partial charge in [0.2, 0.25) is 0 Å². The number of phenols is 2. The molecule has 1 aromatic rings. The van der Waals surface area contributed by atoms with E-state index in [-0.39, 0.29) is 30.5 Å². The Kier molecular flexibility index (Phi) is 4.84. The maximum absolute atomic E-state index is 11.9. The van der Waals surface area contributed by atoms with Gasteiger partial charge >= 0.3 is 6.18 Å². The highest BCUT2D eigenvalue weighted by atomic mass is 19.4. The number of alkyl halides is 3. The zero-order chi connectivity index (χ0) is 13.8. The summed E-state index contributed by atoms with van der Waals surface area (Å²) < 4.78 is 35.7. The quantitative estimate of drug-likeness (QED) is 0.715. The van der Waals surface area contributed by atoms with Gasteiger partial charge in [-0.3, -0.25) is 0 Å². The summed E-state index contributed by atoms with van der Waals surface area (Å²) in [6.07, 6.45) is -4.95. The molecule has 3 N–H and O–H groups in total. The molecule has 0 amide bonds. The lowest BCUT2D eigenvalue weighted by atomic mass is 10.1. The number of benzene rings is 1. The van der Waals surface area contributed by atoms with Crippen LogP contribution in [0.4, 0.5) is 13.2 Å². The van der Waals surface area contributed by atoms with Crippen LogP contribution in [0, 0.1) is 0 Å². The van der Waals surface area contributed by atoms with E-state index in [2.05, 4.69) is 5.32 Å². The van der Waals surface area contributed by atoms with Crippen LogP contribution in [0.1, 0.15) is 31.4 Å². The molecule has 1 unspecified atom stereocenters. The standard InChI is InChI=1S/C12H16F3NO2/c1-8(16-4-2-3-12(13,14)15)9-5-10(17)7-11(18)6-9/h5-8,16-18H,2-4H2,1H3. The molecule has 0 heterocycles. The Hall–Kier alpha value is -1.43. The van der Waals surface area contributed by atoms with Gasteiger partial charge in [-0.1, -0.05) is 0 Å². The molecule has 6 heteroatoms. The maximum atomic E-state index is 11.9. The summed E-state index contributed by atoms with van der Waals surface area (Å²) >= 11 is 0. The number of aromatic hydroxyl groups is 2. The van der Waals surface area contributed by atoms with Gasteiger partial charge < -0.3 is 15.5 Å². The van der Waals surface area contributed by atoms with Gasteiger partial charge in [0.25, 0.3) is 0 Å². The van der Waals surface area contributed by atoms with Crippen molar-refractivity contribution in [1.82, 2.24) is 5.32 Å². The Morgan fingerprint density at radius 2 is 1.72 bits per heavy atom. The molecule has 18 heavy (non-hydrogen) atoms. The summed E-state index contributed by atoms with van der Waals surface area (Å²) in [5.41, 5.74) is 0.625. The van der Waals surface area contributed by atoms with Crippen molar-refractivity contribution < 1.29 is 23.4 Å². The van der Waals surface area contributed by atoms with Crippen LogP contribution in [0.15, 0.2) is 18.2 Å². The average Bonchev–Trinajstić information content (AvgIpc) is 2.21. The summed E-state index contributed by atoms with van der Waals surface area (Å²) in [6, 6.07) is 3.87. The summed E-state index contributed by atoms with van der Waals surface area (Å²) in [4.78, 5) is 0.